The number of hydrogen-bond acceptors (Lipinski definition) is 3. The third-order valence-electron chi connectivity index (χ3n) is 3.43. The second kappa shape index (κ2) is 5.63. The SMILES string of the molecule is Cc1cc2nc(C(=O)Nc3ccc(C(F)(F)F)cc3)cc(C)n2n1. The normalized spacial score (nSPS) is 11.7. The van der Waals surface area contributed by atoms with Gasteiger partial charge in [-0.15, -0.1) is 0 Å². The Bertz CT molecular complexity index is 913. The summed E-state index contributed by atoms with van der Waals surface area (Å²) in [5, 5.41) is 6.78. The van der Waals surface area contributed by atoms with Gasteiger partial charge in [-0.3, -0.25) is 4.79 Å². The Balaban J connectivity index is 1.84. The van der Waals surface area contributed by atoms with Crippen molar-refractivity contribution in [3.05, 3.63) is 59.0 Å². The van der Waals surface area contributed by atoms with Crippen molar-refractivity contribution in [3.8, 4) is 0 Å². The number of aromatic nitrogens is 3. The van der Waals surface area contributed by atoms with Crippen molar-refractivity contribution in [3.63, 3.8) is 0 Å². The lowest BCUT2D eigenvalue weighted by Gasteiger charge is -2.09. The van der Waals surface area contributed by atoms with Crippen LogP contribution in [0, 0.1) is 13.8 Å². The summed E-state index contributed by atoms with van der Waals surface area (Å²) in [6.07, 6.45) is -4.41. The lowest BCUT2D eigenvalue weighted by Crippen LogP contribution is -2.15. The van der Waals surface area contributed by atoms with E-state index in [1.807, 2.05) is 6.92 Å². The molecule has 24 heavy (non-hydrogen) atoms. The zero-order valence-electron chi connectivity index (χ0n) is 12.8. The summed E-state index contributed by atoms with van der Waals surface area (Å²) >= 11 is 0. The number of hydrogen-bond donors (Lipinski definition) is 1. The van der Waals surface area contributed by atoms with Crippen molar-refractivity contribution in [2.45, 2.75) is 20.0 Å². The highest BCUT2D eigenvalue weighted by molar-refractivity contribution is 6.03. The van der Waals surface area contributed by atoms with Crippen molar-refractivity contribution in [2.75, 3.05) is 5.32 Å². The highest BCUT2D eigenvalue weighted by atomic mass is 19.4. The minimum absolute atomic E-state index is 0.166. The number of carbonyl (C=O) groups excluding carboxylic acids is 1. The van der Waals surface area contributed by atoms with E-state index in [-0.39, 0.29) is 11.4 Å². The van der Waals surface area contributed by atoms with Crippen LogP contribution in [0.5, 0.6) is 0 Å². The minimum Gasteiger partial charge on any atom is -0.321 e. The molecule has 0 fully saturated rings. The highest BCUT2D eigenvalue weighted by Crippen LogP contribution is 2.29. The molecule has 0 aliphatic rings. The van der Waals surface area contributed by atoms with Crippen molar-refractivity contribution in [1.82, 2.24) is 14.6 Å². The summed E-state index contributed by atoms with van der Waals surface area (Å²) in [7, 11) is 0. The molecule has 1 N–H and O–H groups in total. The number of rotatable bonds is 2. The van der Waals surface area contributed by atoms with Gasteiger partial charge in [0.1, 0.15) is 5.69 Å². The molecule has 2 heterocycles. The van der Waals surface area contributed by atoms with Gasteiger partial charge in [-0.25, -0.2) is 9.50 Å². The topological polar surface area (TPSA) is 59.3 Å². The van der Waals surface area contributed by atoms with Crippen molar-refractivity contribution in [1.29, 1.82) is 0 Å². The number of nitrogens with one attached hydrogen (secondary N) is 1. The molecule has 0 aliphatic heterocycles. The molecule has 3 aromatic rings. The molecule has 124 valence electrons. The summed E-state index contributed by atoms with van der Waals surface area (Å²) in [5.74, 6) is -0.501. The number of nitrogens with zero attached hydrogens (tertiary/aromatic N) is 3. The molecular weight excluding hydrogens is 321 g/mol. The van der Waals surface area contributed by atoms with E-state index in [4.69, 9.17) is 0 Å². The van der Waals surface area contributed by atoms with Gasteiger partial charge in [-0.1, -0.05) is 0 Å². The third-order valence-corrected chi connectivity index (χ3v) is 3.43. The smallest absolute Gasteiger partial charge is 0.321 e. The van der Waals surface area contributed by atoms with Gasteiger partial charge >= 0.3 is 6.18 Å². The molecule has 0 bridgehead atoms. The predicted octanol–water partition coefficient (Wildman–Crippen LogP) is 3.62. The minimum atomic E-state index is -4.41. The molecule has 0 saturated heterocycles. The highest BCUT2D eigenvalue weighted by Gasteiger charge is 2.30. The molecule has 0 unspecified atom stereocenters. The maximum Gasteiger partial charge on any atom is 0.416 e. The first kappa shape index (κ1) is 16.0. The molecule has 2 aromatic heterocycles. The van der Waals surface area contributed by atoms with Gasteiger partial charge in [-0.2, -0.15) is 18.3 Å². The summed E-state index contributed by atoms with van der Waals surface area (Å²) in [6, 6.07) is 7.54. The number of carbonyl (C=O) groups is 1. The molecule has 5 nitrogen and oxygen atoms in total. The molecule has 3 rings (SSSR count). The summed E-state index contributed by atoms with van der Waals surface area (Å²) in [5.41, 5.74) is 1.68. The number of benzene rings is 1. The third kappa shape index (κ3) is 3.08. The molecule has 0 aliphatic carbocycles. The number of halogens is 3. The van der Waals surface area contributed by atoms with Gasteiger partial charge < -0.3 is 5.32 Å². The average Bonchev–Trinajstić information content (AvgIpc) is 2.88. The van der Waals surface area contributed by atoms with E-state index in [0.29, 0.717) is 5.65 Å². The van der Waals surface area contributed by atoms with Crippen LogP contribution in [0.3, 0.4) is 0 Å². The standard InChI is InChI=1S/C16H13F3N4O/c1-9-7-14-21-13(8-10(2)23(14)22-9)15(24)20-12-5-3-11(4-6-12)16(17,18)19/h3-8H,1-2H3,(H,20,24). The summed E-state index contributed by atoms with van der Waals surface area (Å²) in [4.78, 5) is 16.5. The molecule has 0 saturated carbocycles. The fourth-order valence-electron chi connectivity index (χ4n) is 2.29. The number of alkyl halides is 3. The lowest BCUT2D eigenvalue weighted by atomic mass is 10.2. The van der Waals surface area contributed by atoms with E-state index in [1.165, 1.54) is 12.1 Å². The van der Waals surface area contributed by atoms with Gasteiger partial charge in [0.2, 0.25) is 0 Å². The number of amides is 1. The number of anilines is 1. The first-order valence-corrected chi connectivity index (χ1v) is 7.07. The quantitative estimate of drug-likeness (QED) is 0.779. The fourth-order valence-corrected chi connectivity index (χ4v) is 2.29. The monoisotopic (exact) mass is 334 g/mol. The molecule has 0 atom stereocenters. The van der Waals surface area contributed by atoms with Crippen LogP contribution in [-0.2, 0) is 6.18 Å². The van der Waals surface area contributed by atoms with Crippen LogP contribution in [0.4, 0.5) is 18.9 Å². The molecule has 0 spiro atoms. The van der Waals surface area contributed by atoms with Crippen molar-refractivity contribution >= 4 is 17.2 Å². The fraction of sp³-hybridized carbons (Fsp3) is 0.188. The average molecular weight is 334 g/mol. The maximum atomic E-state index is 12.5. The lowest BCUT2D eigenvalue weighted by molar-refractivity contribution is -0.137. The van der Waals surface area contributed by atoms with Crippen LogP contribution < -0.4 is 5.32 Å². The van der Waals surface area contributed by atoms with E-state index in [2.05, 4.69) is 15.4 Å². The second-order valence-corrected chi connectivity index (χ2v) is 5.37. The number of fused-ring (bicyclic) bond motifs is 1. The predicted molar refractivity (Wildman–Crippen MR) is 81.9 cm³/mol. The first-order chi connectivity index (χ1) is 11.2. The summed E-state index contributed by atoms with van der Waals surface area (Å²) in [6.45, 7) is 3.60. The van der Waals surface area contributed by atoms with Crippen molar-refractivity contribution < 1.29 is 18.0 Å². The Morgan fingerprint density at radius 2 is 1.79 bits per heavy atom. The van der Waals surface area contributed by atoms with Crippen LogP contribution in [0.2, 0.25) is 0 Å². The maximum absolute atomic E-state index is 12.5. The Labute approximate surface area is 135 Å². The van der Waals surface area contributed by atoms with E-state index >= 15 is 0 Å². The van der Waals surface area contributed by atoms with E-state index in [9.17, 15) is 18.0 Å². The Kier molecular flexibility index (Phi) is 3.75. The van der Waals surface area contributed by atoms with Gasteiger partial charge in [0.25, 0.3) is 5.91 Å². The molecular formula is C16H13F3N4O. The Morgan fingerprint density at radius 1 is 1.12 bits per heavy atom. The van der Waals surface area contributed by atoms with Crippen LogP contribution in [0.15, 0.2) is 36.4 Å². The zero-order valence-corrected chi connectivity index (χ0v) is 12.8. The van der Waals surface area contributed by atoms with Crippen LogP contribution in [0.1, 0.15) is 27.4 Å². The molecule has 0 radical (unpaired) electrons. The second-order valence-electron chi connectivity index (χ2n) is 5.37. The van der Waals surface area contributed by atoms with E-state index in [1.54, 1.807) is 23.6 Å². The van der Waals surface area contributed by atoms with Crippen LogP contribution in [-0.4, -0.2) is 20.5 Å². The first-order valence-electron chi connectivity index (χ1n) is 7.07. The van der Waals surface area contributed by atoms with E-state index < -0.39 is 17.6 Å². The van der Waals surface area contributed by atoms with Gasteiger partial charge in [0.15, 0.2) is 5.65 Å². The molecule has 8 heteroatoms. The zero-order chi connectivity index (χ0) is 17.5. The van der Waals surface area contributed by atoms with Gasteiger partial charge in [0, 0.05) is 17.4 Å². The van der Waals surface area contributed by atoms with Gasteiger partial charge in [0.05, 0.1) is 11.3 Å². The van der Waals surface area contributed by atoms with Crippen molar-refractivity contribution in [2.24, 2.45) is 0 Å². The molecule has 1 amide bonds. The molecule has 1 aromatic carbocycles. The Hall–Kier alpha value is -2.90. The Morgan fingerprint density at radius 3 is 2.42 bits per heavy atom. The largest absolute Gasteiger partial charge is 0.416 e. The van der Waals surface area contributed by atoms with Crippen LogP contribution in [0.25, 0.3) is 5.65 Å². The van der Waals surface area contributed by atoms with Crippen LogP contribution >= 0.6 is 0 Å². The van der Waals surface area contributed by atoms with Gasteiger partial charge in [-0.05, 0) is 44.2 Å². The number of aryl methyl sites for hydroxylation is 2. The summed E-state index contributed by atoms with van der Waals surface area (Å²) < 4.78 is 39.2. The van der Waals surface area contributed by atoms with E-state index in [0.717, 1.165) is 23.5 Å².